The first-order valence-corrected chi connectivity index (χ1v) is 7.95. The average Bonchev–Trinajstić information content (AvgIpc) is 2.78. The van der Waals surface area contributed by atoms with Gasteiger partial charge in [0, 0.05) is 14.8 Å². The quantitative estimate of drug-likeness (QED) is 0.652. The minimum absolute atomic E-state index is 0.102. The topological polar surface area (TPSA) is 42.0 Å². The van der Waals surface area contributed by atoms with E-state index in [1.807, 2.05) is 49.4 Å². The van der Waals surface area contributed by atoms with Crippen LogP contribution < -0.4 is 5.32 Å². The van der Waals surface area contributed by atoms with Gasteiger partial charge < -0.3 is 5.32 Å². The second-order valence-electron chi connectivity index (χ2n) is 4.38. The van der Waals surface area contributed by atoms with Crippen LogP contribution in [0.4, 0.5) is 5.69 Å². The standard InChI is InChI=1S/C15H11IN2OS/c1-9-17-13-8-12(5-6-14(13)20-9)18-15(19)10-3-2-4-11(16)7-10/h2-8H,1H3,(H,18,19). The highest BCUT2D eigenvalue weighted by atomic mass is 127. The number of halogens is 1. The maximum atomic E-state index is 12.2. The Hall–Kier alpha value is -1.47. The van der Waals surface area contributed by atoms with E-state index in [1.165, 1.54) is 0 Å². The first kappa shape index (κ1) is 13.5. The smallest absolute Gasteiger partial charge is 0.255 e. The number of nitrogens with zero attached hydrogens (tertiary/aromatic N) is 1. The zero-order chi connectivity index (χ0) is 14.1. The van der Waals surface area contributed by atoms with Crippen LogP contribution in [0.2, 0.25) is 0 Å². The molecule has 0 spiro atoms. The van der Waals surface area contributed by atoms with Crippen LogP contribution >= 0.6 is 33.9 Å². The number of rotatable bonds is 2. The Balaban J connectivity index is 1.87. The molecule has 0 aliphatic heterocycles. The molecule has 0 saturated heterocycles. The Labute approximate surface area is 134 Å². The lowest BCUT2D eigenvalue weighted by Gasteiger charge is -2.05. The number of aromatic nitrogens is 1. The Bertz CT molecular complexity index is 797. The Morgan fingerprint density at radius 3 is 2.90 bits per heavy atom. The Morgan fingerprint density at radius 1 is 1.25 bits per heavy atom. The van der Waals surface area contributed by atoms with E-state index in [4.69, 9.17) is 0 Å². The molecule has 20 heavy (non-hydrogen) atoms. The molecule has 0 bridgehead atoms. The van der Waals surface area contributed by atoms with Crippen molar-refractivity contribution < 1.29 is 4.79 Å². The van der Waals surface area contributed by atoms with Crippen molar-refractivity contribution in [2.75, 3.05) is 5.32 Å². The molecule has 1 amide bonds. The van der Waals surface area contributed by atoms with Crippen molar-refractivity contribution in [3.05, 3.63) is 56.6 Å². The fourth-order valence-electron chi connectivity index (χ4n) is 1.95. The van der Waals surface area contributed by atoms with Gasteiger partial charge in [0.25, 0.3) is 5.91 Å². The van der Waals surface area contributed by atoms with Crippen LogP contribution in [-0.4, -0.2) is 10.9 Å². The highest BCUT2D eigenvalue weighted by molar-refractivity contribution is 14.1. The van der Waals surface area contributed by atoms with Crippen molar-refractivity contribution in [1.29, 1.82) is 0 Å². The van der Waals surface area contributed by atoms with Crippen LogP contribution in [0.3, 0.4) is 0 Å². The maximum Gasteiger partial charge on any atom is 0.255 e. The van der Waals surface area contributed by atoms with E-state index in [-0.39, 0.29) is 5.91 Å². The summed E-state index contributed by atoms with van der Waals surface area (Å²) in [5.41, 5.74) is 2.35. The molecule has 0 aliphatic rings. The number of aryl methyl sites for hydroxylation is 1. The molecule has 2 aromatic carbocycles. The molecule has 1 aromatic heterocycles. The number of hydrogen-bond acceptors (Lipinski definition) is 3. The molecule has 1 N–H and O–H groups in total. The zero-order valence-electron chi connectivity index (χ0n) is 10.7. The molecule has 3 rings (SSSR count). The third-order valence-electron chi connectivity index (χ3n) is 2.84. The number of fused-ring (bicyclic) bond motifs is 1. The summed E-state index contributed by atoms with van der Waals surface area (Å²) in [5.74, 6) is -0.102. The molecule has 0 radical (unpaired) electrons. The molecule has 0 atom stereocenters. The molecule has 5 heteroatoms. The Morgan fingerprint density at radius 2 is 2.10 bits per heavy atom. The van der Waals surface area contributed by atoms with Gasteiger partial charge in [-0.25, -0.2) is 4.98 Å². The predicted molar refractivity (Wildman–Crippen MR) is 91.5 cm³/mol. The van der Waals surface area contributed by atoms with E-state index in [2.05, 4.69) is 32.9 Å². The third-order valence-corrected chi connectivity index (χ3v) is 4.46. The van der Waals surface area contributed by atoms with E-state index < -0.39 is 0 Å². The lowest BCUT2D eigenvalue weighted by Crippen LogP contribution is -2.11. The first-order valence-electron chi connectivity index (χ1n) is 6.06. The van der Waals surface area contributed by atoms with E-state index in [1.54, 1.807) is 11.3 Å². The van der Waals surface area contributed by atoms with Crippen LogP contribution in [0, 0.1) is 10.5 Å². The first-order chi connectivity index (χ1) is 9.61. The molecule has 100 valence electrons. The molecular formula is C15H11IN2OS. The van der Waals surface area contributed by atoms with Crippen molar-refractivity contribution in [2.24, 2.45) is 0 Å². The summed E-state index contributed by atoms with van der Waals surface area (Å²) in [6.45, 7) is 1.98. The number of benzene rings is 2. The minimum atomic E-state index is -0.102. The SMILES string of the molecule is Cc1nc2cc(NC(=O)c3cccc(I)c3)ccc2s1. The molecule has 0 aliphatic carbocycles. The summed E-state index contributed by atoms with van der Waals surface area (Å²) in [7, 11) is 0. The van der Waals surface area contributed by atoms with Gasteiger partial charge in [-0.05, 0) is 65.9 Å². The third kappa shape index (κ3) is 2.83. The van der Waals surface area contributed by atoms with Gasteiger partial charge in [0.05, 0.1) is 15.2 Å². The normalized spacial score (nSPS) is 10.7. The molecule has 0 saturated carbocycles. The lowest BCUT2D eigenvalue weighted by atomic mass is 10.2. The van der Waals surface area contributed by atoms with Gasteiger partial charge in [0.1, 0.15) is 0 Å². The monoisotopic (exact) mass is 394 g/mol. The predicted octanol–water partition coefficient (Wildman–Crippen LogP) is 4.46. The summed E-state index contributed by atoms with van der Waals surface area (Å²) < 4.78 is 2.18. The molecule has 1 heterocycles. The summed E-state index contributed by atoms with van der Waals surface area (Å²) in [5, 5.41) is 3.94. The van der Waals surface area contributed by atoms with Crippen molar-refractivity contribution >= 4 is 55.7 Å². The molecule has 0 fully saturated rings. The number of amides is 1. The van der Waals surface area contributed by atoms with Crippen LogP contribution in [0.1, 0.15) is 15.4 Å². The zero-order valence-corrected chi connectivity index (χ0v) is 13.7. The summed E-state index contributed by atoms with van der Waals surface area (Å²) >= 11 is 3.85. The van der Waals surface area contributed by atoms with Gasteiger partial charge in [-0.2, -0.15) is 0 Å². The van der Waals surface area contributed by atoms with Crippen LogP contribution in [0.25, 0.3) is 10.2 Å². The highest BCUT2D eigenvalue weighted by Crippen LogP contribution is 2.24. The van der Waals surface area contributed by atoms with Gasteiger partial charge in [0.15, 0.2) is 0 Å². The van der Waals surface area contributed by atoms with Gasteiger partial charge in [-0.3, -0.25) is 4.79 Å². The van der Waals surface area contributed by atoms with Crippen molar-refractivity contribution in [1.82, 2.24) is 4.98 Å². The van der Waals surface area contributed by atoms with E-state index in [0.717, 1.165) is 24.5 Å². The van der Waals surface area contributed by atoms with Crippen LogP contribution in [-0.2, 0) is 0 Å². The average molecular weight is 394 g/mol. The molecular weight excluding hydrogens is 383 g/mol. The lowest BCUT2D eigenvalue weighted by molar-refractivity contribution is 0.102. The summed E-state index contributed by atoms with van der Waals surface area (Å²) in [6.07, 6.45) is 0. The largest absolute Gasteiger partial charge is 0.322 e. The fourth-order valence-corrected chi connectivity index (χ4v) is 3.30. The van der Waals surface area contributed by atoms with Gasteiger partial charge in [-0.15, -0.1) is 11.3 Å². The van der Waals surface area contributed by atoms with Gasteiger partial charge in [0.2, 0.25) is 0 Å². The van der Waals surface area contributed by atoms with Gasteiger partial charge >= 0.3 is 0 Å². The van der Waals surface area contributed by atoms with E-state index in [9.17, 15) is 4.79 Å². The summed E-state index contributed by atoms with van der Waals surface area (Å²) in [6, 6.07) is 13.3. The number of anilines is 1. The second kappa shape index (κ2) is 5.49. The fraction of sp³-hybridized carbons (Fsp3) is 0.0667. The Kier molecular flexibility index (Phi) is 3.71. The van der Waals surface area contributed by atoms with Crippen molar-refractivity contribution in [3.63, 3.8) is 0 Å². The maximum absolute atomic E-state index is 12.2. The van der Waals surface area contributed by atoms with Crippen molar-refractivity contribution in [2.45, 2.75) is 6.92 Å². The summed E-state index contributed by atoms with van der Waals surface area (Å²) in [4.78, 5) is 16.6. The van der Waals surface area contributed by atoms with Crippen LogP contribution in [0.5, 0.6) is 0 Å². The minimum Gasteiger partial charge on any atom is -0.322 e. The second-order valence-corrected chi connectivity index (χ2v) is 6.86. The number of nitrogens with one attached hydrogen (secondary N) is 1. The molecule has 3 nitrogen and oxygen atoms in total. The number of carbonyl (C=O) groups is 1. The molecule has 3 aromatic rings. The number of carbonyl (C=O) groups excluding carboxylic acids is 1. The van der Waals surface area contributed by atoms with E-state index >= 15 is 0 Å². The van der Waals surface area contributed by atoms with Crippen LogP contribution in [0.15, 0.2) is 42.5 Å². The molecule has 0 unspecified atom stereocenters. The number of hydrogen-bond donors (Lipinski definition) is 1. The van der Waals surface area contributed by atoms with Gasteiger partial charge in [-0.1, -0.05) is 6.07 Å². The highest BCUT2D eigenvalue weighted by Gasteiger charge is 2.08. The number of thiazole rings is 1. The van der Waals surface area contributed by atoms with Crippen molar-refractivity contribution in [3.8, 4) is 0 Å². The van der Waals surface area contributed by atoms with E-state index in [0.29, 0.717) is 5.56 Å².